The zero-order valence-electron chi connectivity index (χ0n) is 10.9. The summed E-state index contributed by atoms with van der Waals surface area (Å²) < 4.78 is 10.9. The third-order valence-corrected chi connectivity index (χ3v) is 2.88. The van der Waals surface area contributed by atoms with Gasteiger partial charge in [0.05, 0.1) is 24.2 Å². The standard InChI is InChI=1S/C14H15ClN2O2/c1-10-5-6-13(12(8-15)17-10)19-9-11-4-3-7-16-14(11)18-2/h3-7H,8-9H2,1-2H3. The van der Waals surface area contributed by atoms with E-state index in [9.17, 15) is 0 Å². The monoisotopic (exact) mass is 278 g/mol. The number of hydrogen-bond donors (Lipinski definition) is 0. The average molecular weight is 279 g/mol. The molecule has 0 unspecified atom stereocenters. The van der Waals surface area contributed by atoms with E-state index in [4.69, 9.17) is 21.1 Å². The van der Waals surface area contributed by atoms with E-state index in [0.29, 0.717) is 24.1 Å². The Morgan fingerprint density at radius 2 is 2.11 bits per heavy atom. The van der Waals surface area contributed by atoms with E-state index in [1.807, 2.05) is 31.2 Å². The van der Waals surface area contributed by atoms with E-state index in [1.165, 1.54) is 0 Å². The third kappa shape index (κ3) is 3.35. The van der Waals surface area contributed by atoms with Gasteiger partial charge in [-0.05, 0) is 31.2 Å². The van der Waals surface area contributed by atoms with E-state index in [0.717, 1.165) is 17.0 Å². The predicted molar refractivity (Wildman–Crippen MR) is 73.7 cm³/mol. The van der Waals surface area contributed by atoms with Gasteiger partial charge in [0, 0.05) is 11.9 Å². The second-order valence-electron chi connectivity index (χ2n) is 3.99. The van der Waals surface area contributed by atoms with Gasteiger partial charge in [0.15, 0.2) is 0 Å². The van der Waals surface area contributed by atoms with Crippen LogP contribution in [0.5, 0.6) is 11.6 Å². The van der Waals surface area contributed by atoms with Crippen LogP contribution in [0.3, 0.4) is 0 Å². The number of hydrogen-bond acceptors (Lipinski definition) is 4. The van der Waals surface area contributed by atoms with Crippen molar-refractivity contribution in [2.24, 2.45) is 0 Å². The lowest BCUT2D eigenvalue weighted by Crippen LogP contribution is -2.02. The van der Waals surface area contributed by atoms with Crippen molar-refractivity contribution >= 4 is 11.6 Å². The third-order valence-electron chi connectivity index (χ3n) is 2.62. The molecule has 0 saturated heterocycles. The molecule has 0 aromatic carbocycles. The lowest BCUT2D eigenvalue weighted by molar-refractivity contribution is 0.290. The van der Waals surface area contributed by atoms with Crippen molar-refractivity contribution < 1.29 is 9.47 Å². The SMILES string of the molecule is COc1ncccc1COc1ccc(C)nc1CCl. The van der Waals surface area contributed by atoms with Gasteiger partial charge in [0.1, 0.15) is 12.4 Å². The molecular formula is C14H15ClN2O2. The predicted octanol–water partition coefficient (Wildman–Crippen LogP) is 3.11. The zero-order valence-corrected chi connectivity index (χ0v) is 11.6. The molecular weight excluding hydrogens is 264 g/mol. The normalized spacial score (nSPS) is 10.3. The molecule has 2 rings (SSSR count). The summed E-state index contributed by atoms with van der Waals surface area (Å²) in [5, 5.41) is 0. The van der Waals surface area contributed by atoms with Gasteiger partial charge in [0.25, 0.3) is 0 Å². The van der Waals surface area contributed by atoms with Gasteiger partial charge >= 0.3 is 0 Å². The van der Waals surface area contributed by atoms with Gasteiger partial charge in [0.2, 0.25) is 5.88 Å². The van der Waals surface area contributed by atoms with Gasteiger partial charge in [-0.15, -0.1) is 11.6 Å². The van der Waals surface area contributed by atoms with Crippen LogP contribution in [0.4, 0.5) is 0 Å². The minimum atomic E-state index is 0.321. The summed E-state index contributed by atoms with van der Waals surface area (Å²) in [6.07, 6.45) is 1.68. The molecule has 0 fully saturated rings. The number of rotatable bonds is 5. The maximum atomic E-state index is 5.86. The molecule has 100 valence electrons. The van der Waals surface area contributed by atoms with Crippen LogP contribution < -0.4 is 9.47 Å². The van der Waals surface area contributed by atoms with Crippen LogP contribution in [-0.4, -0.2) is 17.1 Å². The Balaban J connectivity index is 2.14. The van der Waals surface area contributed by atoms with Crippen molar-refractivity contribution in [3.8, 4) is 11.6 Å². The molecule has 0 aliphatic carbocycles. The van der Waals surface area contributed by atoms with Crippen molar-refractivity contribution in [2.45, 2.75) is 19.4 Å². The first kappa shape index (κ1) is 13.6. The number of aromatic nitrogens is 2. The zero-order chi connectivity index (χ0) is 13.7. The van der Waals surface area contributed by atoms with E-state index < -0.39 is 0 Å². The maximum Gasteiger partial charge on any atom is 0.219 e. The van der Waals surface area contributed by atoms with Crippen LogP contribution in [-0.2, 0) is 12.5 Å². The molecule has 0 aliphatic heterocycles. The minimum absolute atomic E-state index is 0.321. The molecule has 0 saturated carbocycles. The van der Waals surface area contributed by atoms with E-state index in [1.54, 1.807) is 13.3 Å². The van der Waals surface area contributed by atoms with Crippen molar-refractivity contribution in [2.75, 3.05) is 7.11 Å². The summed E-state index contributed by atoms with van der Waals surface area (Å²) in [6.45, 7) is 2.29. The van der Waals surface area contributed by atoms with Crippen LogP contribution in [0.2, 0.25) is 0 Å². The lowest BCUT2D eigenvalue weighted by Gasteiger charge is -2.11. The number of halogens is 1. The molecule has 0 radical (unpaired) electrons. The summed E-state index contributed by atoms with van der Waals surface area (Å²) in [5.74, 6) is 1.57. The molecule has 2 aromatic heterocycles. The van der Waals surface area contributed by atoms with Crippen molar-refractivity contribution in [3.05, 3.63) is 47.4 Å². The summed E-state index contributed by atoms with van der Waals surface area (Å²) in [5.41, 5.74) is 2.54. The van der Waals surface area contributed by atoms with Crippen molar-refractivity contribution in [1.29, 1.82) is 0 Å². The van der Waals surface area contributed by atoms with Crippen LogP contribution in [0.25, 0.3) is 0 Å². The highest BCUT2D eigenvalue weighted by atomic mass is 35.5. The summed E-state index contributed by atoms with van der Waals surface area (Å²) in [6, 6.07) is 7.53. The fraction of sp³-hybridized carbons (Fsp3) is 0.286. The molecule has 19 heavy (non-hydrogen) atoms. The molecule has 4 nitrogen and oxygen atoms in total. The molecule has 0 N–H and O–H groups in total. The molecule has 2 aromatic rings. The smallest absolute Gasteiger partial charge is 0.219 e. The summed E-state index contributed by atoms with van der Waals surface area (Å²) in [7, 11) is 1.59. The second kappa shape index (κ2) is 6.38. The fourth-order valence-electron chi connectivity index (χ4n) is 1.70. The van der Waals surface area contributed by atoms with Crippen LogP contribution >= 0.6 is 11.6 Å². The molecule has 0 bridgehead atoms. The highest BCUT2D eigenvalue weighted by molar-refractivity contribution is 6.17. The van der Waals surface area contributed by atoms with E-state index >= 15 is 0 Å². The number of alkyl halides is 1. The second-order valence-corrected chi connectivity index (χ2v) is 4.26. The summed E-state index contributed by atoms with van der Waals surface area (Å²) in [4.78, 5) is 8.46. The Labute approximate surface area is 117 Å². The van der Waals surface area contributed by atoms with Crippen LogP contribution in [0, 0.1) is 6.92 Å². The van der Waals surface area contributed by atoms with Gasteiger partial charge in [-0.2, -0.15) is 0 Å². The number of pyridine rings is 2. The van der Waals surface area contributed by atoms with Crippen LogP contribution in [0.1, 0.15) is 17.0 Å². The first-order valence-electron chi connectivity index (χ1n) is 5.87. The quantitative estimate of drug-likeness (QED) is 0.788. The van der Waals surface area contributed by atoms with Crippen molar-refractivity contribution in [1.82, 2.24) is 9.97 Å². The number of methoxy groups -OCH3 is 1. The Morgan fingerprint density at radius 3 is 2.84 bits per heavy atom. The van der Waals surface area contributed by atoms with Crippen LogP contribution in [0.15, 0.2) is 30.5 Å². The molecule has 2 heterocycles. The topological polar surface area (TPSA) is 44.2 Å². The number of aryl methyl sites for hydroxylation is 1. The highest BCUT2D eigenvalue weighted by Crippen LogP contribution is 2.22. The van der Waals surface area contributed by atoms with Gasteiger partial charge in [-0.25, -0.2) is 4.98 Å². The molecule has 5 heteroatoms. The Hall–Kier alpha value is -1.81. The van der Waals surface area contributed by atoms with Gasteiger partial charge in [-0.3, -0.25) is 4.98 Å². The summed E-state index contributed by atoms with van der Waals surface area (Å²) >= 11 is 5.86. The molecule has 0 aliphatic rings. The molecule has 0 atom stereocenters. The Morgan fingerprint density at radius 1 is 1.26 bits per heavy atom. The fourth-order valence-corrected chi connectivity index (χ4v) is 1.89. The van der Waals surface area contributed by atoms with Crippen molar-refractivity contribution in [3.63, 3.8) is 0 Å². The number of ether oxygens (including phenoxy) is 2. The lowest BCUT2D eigenvalue weighted by atomic mass is 10.2. The first-order chi connectivity index (χ1) is 9.24. The maximum absolute atomic E-state index is 5.86. The minimum Gasteiger partial charge on any atom is -0.487 e. The Bertz CT molecular complexity index is 561. The average Bonchev–Trinajstić information content (AvgIpc) is 2.46. The first-order valence-corrected chi connectivity index (χ1v) is 6.41. The largest absolute Gasteiger partial charge is 0.487 e. The molecule has 0 spiro atoms. The molecule has 0 amide bonds. The van der Waals surface area contributed by atoms with Gasteiger partial charge in [-0.1, -0.05) is 0 Å². The highest BCUT2D eigenvalue weighted by Gasteiger charge is 2.08. The number of nitrogens with zero attached hydrogens (tertiary/aromatic N) is 2. The van der Waals surface area contributed by atoms with E-state index in [-0.39, 0.29) is 0 Å². The Kier molecular flexibility index (Phi) is 4.58. The van der Waals surface area contributed by atoms with E-state index in [2.05, 4.69) is 9.97 Å². The van der Waals surface area contributed by atoms with Gasteiger partial charge < -0.3 is 9.47 Å².